The summed E-state index contributed by atoms with van der Waals surface area (Å²) in [5.74, 6) is -1.47. The Bertz CT molecular complexity index is 500. The first-order valence-electron chi connectivity index (χ1n) is 5.08. The number of benzene rings is 1. The topological polar surface area (TPSA) is 4.93 Å². The molecule has 1 nitrogen and oxygen atoms in total. The van der Waals surface area contributed by atoms with Gasteiger partial charge >= 0.3 is 0 Å². The first kappa shape index (κ1) is 10.1. The standard InChI is InChI=1S/C12H13F2N/c1-3-5-15-6-4-9-7-8(2)10(13)11(14)12(9)15/h4,6-7H,3,5H2,1-2H3. The number of rotatable bonds is 2. The first-order valence-corrected chi connectivity index (χ1v) is 5.08. The highest BCUT2D eigenvalue weighted by atomic mass is 19.2. The summed E-state index contributed by atoms with van der Waals surface area (Å²) in [6.45, 7) is 4.30. The lowest BCUT2D eigenvalue weighted by atomic mass is 10.1. The minimum Gasteiger partial charge on any atom is -0.345 e. The number of hydrogen-bond acceptors (Lipinski definition) is 0. The van der Waals surface area contributed by atoms with Crippen molar-refractivity contribution < 1.29 is 8.78 Å². The van der Waals surface area contributed by atoms with Crippen LogP contribution in [-0.4, -0.2) is 4.57 Å². The third-order valence-corrected chi connectivity index (χ3v) is 2.58. The fourth-order valence-electron chi connectivity index (χ4n) is 1.86. The average molecular weight is 209 g/mol. The molecule has 2 aromatic rings. The molecule has 80 valence electrons. The van der Waals surface area contributed by atoms with Gasteiger partial charge in [0.1, 0.15) is 0 Å². The van der Waals surface area contributed by atoms with Gasteiger partial charge in [0.25, 0.3) is 0 Å². The van der Waals surface area contributed by atoms with Crippen molar-refractivity contribution in [3.63, 3.8) is 0 Å². The Hall–Kier alpha value is -1.38. The Labute approximate surface area is 87.3 Å². The number of nitrogens with zero attached hydrogens (tertiary/aromatic N) is 1. The number of aryl methyl sites for hydroxylation is 2. The van der Waals surface area contributed by atoms with Crippen LogP contribution in [0.15, 0.2) is 18.3 Å². The summed E-state index contributed by atoms with van der Waals surface area (Å²) in [5, 5.41) is 0.764. The van der Waals surface area contributed by atoms with Gasteiger partial charge in [-0.3, -0.25) is 0 Å². The normalized spacial score (nSPS) is 11.2. The van der Waals surface area contributed by atoms with Gasteiger partial charge in [-0.15, -0.1) is 0 Å². The van der Waals surface area contributed by atoms with Gasteiger partial charge in [-0.2, -0.15) is 0 Å². The molecule has 0 atom stereocenters. The van der Waals surface area contributed by atoms with Crippen molar-refractivity contribution in [2.24, 2.45) is 0 Å². The molecule has 0 amide bonds. The Morgan fingerprint density at radius 2 is 2.00 bits per heavy atom. The van der Waals surface area contributed by atoms with Crippen LogP contribution in [0.4, 0.5) is 8.78 Å². The van der Waals surface area contributed by atoms with E-state index in [4.69, 9.17) is 0 Å². The molecule has 0 spiro atoms. The van der Waals surface area contributed by atoms with Crippen molar-refractivity contribution in [1.82, 2.24) is 4.57 Å². The maximum atomic E-state index is 13.7. The van der Waals surface area contributed by atoms with E-state index in [0.717, 1.165) is 11.8 Å². The molecule has 0 aliphatic rings. The smallest absolute Gasteiger partial charge is 0.183 e. The molecular formula is C12H13F2N. The molecule has 15 heavy (non-hydrogen) atoms. The fourth-order valence-corrected chi connectivity index (χ4v) is 1.86. The number of fused-ring (bicyclic) bond motifs is 1. The molecule has 0 bridgehead atoms. The molecule has 2 rings (SSSR count). The van der Waals surface area contributed by atoms with Gasteiger partial charge in [0.2, 0.25) is 0 Å². The second kappa shape index (κ2) is 3.65. The zero-order chi connectivity index (χ0) is 11.0. The van der Waals surface area contributed by atoms with Crippen LogP contribution in [0.25, 0.3) is 10.9 Å². The number of hydrogen-bond donors (Lipinski definition) is 0. The van der Waals surface area contributed by atoms with Gasteiger partial charge in [0, 0.05) is 18.1 Å². The summed E-state index contributed by atoms with van der Waals surface area (Å²) in [5.41, 5.74) is 0.731. The second-order valence-electron chi connectivity index (χ2n) is 3.77. The summed E-state index contributed by atoms with van der Waals surface area (Å²) in [6, 6.07) is 3.50. The van der Waals surface area contributed by atoms with Gasteiger partial charge in [-0.1, -0.05) is 6.92 Å². The van der Waals surface area contributed by atoms with Crippen LogP contribution in [0.1, 0.15) is 18.9 Å². The van der Waals surface area contributed by atoms with Crippen LogP contribution >= 0.6 is 0 Å². The van der Waals surface area contributed by atoms with E-state index in [0.29, 0.717) is 17.6 Å². The van der Waals surface area contributed by atoms with E-state index < -0.39 is 11.6 Å². The molecule has 3 heteroatoms. The van der Waals surface area contributed by atoms with Crippen molar-refractivity contribution in [3.8, 4) is 0 Å². The molecule has 0 aliphatic heterocycles. The van der Waals surface area contributed by atoms with Crippen LogP contribution < -0.4 is 0 Å². The maximum absolute atomic E-state index is 13.7. The molecular weight excluding hydrogens is 196 g/mol. The van der Waals surface area contributed by atoms with Gasteiger partial charge in [0.15, 0.2) is 11.6 Å². The molecule has 1 aromatic carbocycles. The van der Waals surface area contributed by atoms with Gasteiger partial charge < -0.3 is 4.57 Å². The average Bonchev–Trinajstić information content (AvgIpc) is 2.59. The van der Waals surface area contributed by atoms with Gasteiger partial charge in [-0.25, -0.2) is 8.78 Å². The zero-order valence-electron chi connectivity index (χ0n) is 8.85. The van der Waals surface area contributed by atoms with E-state index in [1.807, 2.05) is 13.0 Å². The molecule has 0 N–H and O–H groups in total. The lowest BCUT2D eigenvalue weighted by Crippen LogP contribution is -1.99. The van der Waals surface area contributed by atoms with Gasteiger partial charge in [-0.05, 0) is 31.0 Å². The van der Waals surface area contributed by atoms with E-state index in [9.17, 15) is 8.78 Å². The third-order valence-electron chi connectivity index (χ3n) is 2.58. The van der Waals surface area contributed by atoms with Crippen molar-refractivity contribution in [1.29, 1.82) is 0 Å². The summed E-state index contributed by atoms with van der Waals surface area (Å²) in [4.78, 5) is 0. The van der Waals surface area contributed by atoms with Crippen LogP contribution in [0.2, 0.25) is 0 Å². The number of halogens is 2. The molecule has 1 aromatic heterocycles. The summed E-state index contributed by atoms with van der Waals surface area (Å²) >= 11 is 0. The summed E-state index contributed by atoms with van der Waals surface area (Å²) in [7, 11) is 0. The quantitative estimate of drug-likeness (QED) is 0.711. The molecule has 0 radical (unpaired) electrons. The van der Waals surface area contributed by atoms with Crippen molar-refractivity contribution in [2.45, 2.75) is 26.8 Å². The van der Waals surface area contributed by atoms with Crippen molar-refractivity contribution in [3.05, 3.63) is 35.5 Å². The minimum absolute atomic E-state index is 0.356. The Morgan fingerprint density at radius 3 is 2.67 bits per heavy atom. The largest absolute Gasteiger partial charge is 0.345 e. The third kappa shape index (κ3) is 1.52. The Balaban J connectivity index is 2.74. The van der Waals surface area contributed by atoms with Crippen LogP contribution in [0, 0.1) is 18.6 Å². The summed E-state index contributed by atoms with van der Waals surface area (Å²) < 4.78 is 28.8. The molecule has 1 heterocycles. The highest BCUT2D eigenvalue weighted by Crippen LogP contribution is 2.24. The molecule has 0 saturated carbocycles. The van der Waals surface area contributed by atoms with Crippen molar-refractivity contribution in [2.75, 3.05) is 0 Å². The second-order valence-corrected chi connectivity index (χ2v) is 3.77. The summed E-state index contributed by atoms with van der Waals surface area (Å²) in [6.07, 6.45) is 2.70. The maximum Gasteiger partial charge on any atom is 0.183 e. The predicted octanol–water partition coefficient (Wildman–Crippen LogP) is 3.64. The van der Waals surface area contributed by atoms with E-state index >= 15 is 0 Å². The van der Waals surface area contributed by atoms with Gasteiger partial charge in [0.05, 0.1) is 5.52 Å². The van der Waals surface area contributed by atoms with Crippen LogP contribution in [-0.2, 0) is 6.54 Å². The Morgan fingerprint density at radius 1 is 1.27 bits per heavy atom. The van der Waals surface area contributed by atoms with E-state index in [1.54, 1.807) is 23.8 Å². The molecule has 0 aliphatic carbocycles. The first-order chi connectivity index (χ1) is 7.15. The van der Waals surface area contributed by atoms with E-state index in [1.165, 1.54) is 0 Å². The fraction of sp³-hybridized carbons (Fsp3) is 0.333. The number of aromatic nitrogens is 1. The highest BCUT2D eigenvalue weighted by Gasteiger charge is 2.13. The Kier molecular flexibility index (Phi) is 2.47. The molecule has 0 fully saturated rings. The monoisotopic (exact) mass is 209 g/mol. The SMILES string of the molecule is CCCn1ccc2cc(C)c(F)c(F)c21. The van der Waals surface area contributed by atoms with Crippen molar-refractivity contribution >= 4 is 10.9 Å². The zero-order valence-corrected chi connectivity index (χ0v) is 8.85. The predicted molar refractivity (Wildman–Crippen MR) is 56.9 cm³/mol. The van der Waals surface area contributed by atoms with Crippen LogP contribution in [0.3, 0.4) is 0 Å². The lowest BCUT2D eigenvalue weighted by Gasteiger charge is -2.05. The molecule has 0 unspecified atom stereocenters. The van der Waals surface area contributed by atoms with E-state index in [2.05, 4.69) is 0 Å². The minimum atomic E-state index is -0.737. The molecule has 0 saturated heterocycles. The highest BCUT2D eigenvalue weighted by molar-refractivity contribution is 5.81. The lowest BCUT2D eigenvalue weighted by molar-refractivity contribution is 0.505. The van der Waals surface area contributed by atoms with E-state index in [-0.39, 0.29) is 0 Å². The van der Waals surface area contributed by atoms with Crippen LogP contribution in [0.5, 0.6) is 0 Å².